The molecular weight excluding hydrogens is 372 g/mol. The van der Waals surface area contributed by atoms with Gasteiger partial charge in [0.15, 0.2) is 5.69 Å². The Bertz CT molecular complexity index is 911. The van der Waals surface area contributed by atoms with Crippen molar-refractivity contribution < 1.29 is 14.3 Å². The number of methoxy groups -OCH3 is 1. The number of esters is 1. The number of hydrogen-bond acceptors (Lipinski definition) is 5. The van der Waals surface area contributed by atoms with E-state index in [1.165, 1.54) is 10.5 Å². The van der Waals surface area contributed by atoms with Gasteiger partial charge in [0.05, 0.1) is 25.1 Å². The molecule has 0 N–H and O–H groups in total. The minimum Gasteiger partial charge on any atom is -0.497 e. The normalized spacial score (nSPS) is 13.7. The molecule has 2 heterocycles. The molecule has 0 unspecified atom stereocenters. The third-order valence-corrected chi connectivity index (χ3v) is 5.67. The van der Waals surface area contributed by atoms with Gasteiger partial charge < -0.3 is 9.47 Å². The standard InChI is InChI=1S/C22H26N2O3S/c1-5-8-17-19(9-6-2)28-14-18-20(22(25)27-7-3)23-24(21(17)18)15-10-12-16(26-4)13-11-15/h6,9-13H,5,7-8,14H2,1-4H3. The van der Waals surface area contributed by atoms with Gasteiger partial charge in [-0.05, 0) is 50.1 Å². The van der Waals surface area contributed by atoms with Crippen molar-refractivity contribution in [2.24, 2.45) is 0 Å². The molecule has 5 nitrogen and oxygen atoms in total. The molecule has 0 fully saturated rings. The Morgan fingerprint density at radius 1 is 1.29 bits per heavy atom. The fraction of sp³-hybridized carbons (Fsp3) is 0.364. The second-order valence-corrected chi connectivity index (χ2v) is 7.40. The van der Waals surface area contributed by atoms with E-state index in [0.29, 0.717) is 18.1 Å². The molecule has 3 rings (SSSR count). The van der Waals surface area contributed by atoms with Crippen molar-refractivity contribution >= 4 is 23.3 Å². The monoisotopic (exact) mass is 398 g/mol. The molecule has 0 atom stereocenters. The summed E-state index contributed by atoms with van der Waals surface area (Å²) in [5.74, 6) is 1.12. The third kappa shape index (κ3) is 3.87. The second-order valence-electron chi connectivity index (χ2n) is 6.39. The predicted octanol–water partition coefficient (Wildman–Crippen LogP) is 5.39. The number of hydrogen-bond donors (Lipinski definition) is 0. The smallest absolute Gasteiger partial charge is 0.359 e. The zero-order valence-electron chi connectivity index (χ0n) is 16.8. The highest BCUT2D eigenvalue weighted by Crippen LogP contribution is 2.43. The minimum atomic E-state index is -0.364. The molecule has 0 amide bonds. The Morgan fingerprint density at radius 3 is 2.64 bits per heavy atom. The van der Waals surface area contributed by atoms with E-state index in [-0.39, 0.29) is 5.97 Å². The van der Waals surface area contributed by atoms with Gasteiger partial charge in [-0.3, -0.25) is 0 Å². The van der Waals surface area contributed by atoms with E-state index in [1.807, 2.05) is 42.8 Å². The first kappa shape index (κ1) is 20.3. The van der Waals surface area contributed by atoms with Gasteiger partial charge in [-0.1, -0.05) is 25.5 Å². The van der Waals surface area contributed by atoms with Gasteiger partial charge in [-0.15, -0.1) is 11.8 Å². The summed E-state index contributed by atoms with van der Waals surface area (Å²) in [4.78, 5) is 13.8. The number of carbonyl (C=O) groups excluding carboxylic acids is 1. The molecule has 0 saturated heterocycles. The number of nitrogens with zero attached hydrogens (tertiary/aromatic N) is 2. The number of thioether (sulfide) groups is 1. The molecule has 6 heteroatoms. The van der Waals surface area contributed by atoms with Gasteiger partial charge in [0, 0.05) is 16.2 Å². The van der Waals surface area contributed by atoms with Crippen LogP contribution in [0.3, 0.4) is 0 Å². The van der Waals surface area contributed by atoms with Gasteiger partial charge in [0.1, 0.15) is 5.75 Å². The van der Waals surface area contributed by atoms with Crippen LogP contribution in [0.2, 0.25) is 0 Å². The van der Waals surface area contributed by atoms with Crippen LogP contribution in [-0.2, 0) is 10.5 Å². The number of fused-ring (bicyclic) bond motifs is 1. The zero-order chi connectivity index (χ0) is 20.1. The fourth-order valence-electron chi connectivity index (χ4n) is 3.32. The van der Waals surface area contributed by atoms with E-state index in [0.717, 1.165) is 35.5 Å². The summed E-state index contributed by atoms with van der Waals surface area (Å²) < 4.78 is 12.4. The van der Waals surface area contributed by atoms with Gasteiger partial charge in [0.2, 0.25) is 0 Å². The number of allylic oxidation sites excluding steroid dienone is 3. The second kappa shape index (κ2) is 9.15. The van der Waals surface area contributed by atoms with Gasteiger partial charge in [-0.2, -0.15) is 5.10 Å². The summed E-state index contributed by atoms with van der Waals surface area (Å²) in [5.41, 5.74) is 4.50. The van der Waals surface area contributed by atoms with Crippen LogP contribution in [-0.4, -0.2) is 29.5 Å². The van der Waals surface area contributed by atoms with Crippen LogP contribution in [0.1, 0.15) is 55.4 Å². The van der Waals surface area contributed by atoms with Gasteiger partial charge >= 0.3 is 5.97 Å². The largest absolute Gasteiger partial charge is 0.497 e. The van der Waals surface area contributed by atoms with Crippen LogP contribution in [0.4, 0.5) is 0 Å². The number of rotatable bonds is 7. The molecule has 2 aromatic rings. The van der Waals surface area contributed by atoms with Crippen LogP contribution >= 0.6 is 11.8 Å². The molecule has 0 radical (unpaired) electrons. The van der Waals surface area contributed by atoms with Crippen LogP contribution in [0.5, 0.6) is 5.75 Å². The molecule has 0 saturated carbocycles. The predicted molar refractivity (Wildman–Crippen MR) is 114 cm³/mol. The molecule has 1 aromatic heterocycles. The Hall–Kier alpha value is -2.47. The first-order valence-corrected chi connectivity index (χ1v) is 10.6. The number of ether oxygens (including phenoxy) is 2. The van der Waals surface area contributed by atoms with Crippen LogP contribution in [0.15, 0.2) is 41.3 Å². The lowest BCUT2D eigenvalue weighted by atomic mass is 10.0. The molecule has 1 aliphatic rings. The van der Waals surface area contributed by atoms with E-state index in [4.69, 9.17) is 14.6 Å². The highest BCUT2D eigenvalue weighted by molar-refractivity contribution is 8.02. The lowest BCUT2D eigenvalue weighted by molar-refractivity contribution is 0.0518. The van der Waals surface area contributed by atoms with Crippen LogP contribution in [0.25, 0.3) is 11.3 Å². The van der Waals surface area contributed by atoms with Crippen molar-refractivity contribution in [2.75, 3.05) is 13.7 Å². The molecule has 0 bridgehead atoms. The summed E-state index contributed by atoms with van der Waals surface area (Å²) >= 11 is 1.75. The summed E-state index contributed by atoms with van der Waals surface area (Å²) in [6.07, 6.45) is 6.14. The van der Waals surface area contributed by atoms with Gasteiger partial charge in [0.25, 0.3) is 0 Å². The van der Waals surface area contributed by atoms with Gasteiger partial charge in [-0.25, -0.2) is 9.48 Å². The SMILES string of the molecule is CC=CC1=C(CCC)c2c(c(C(=O)OCC)nn2-c2ccc(OC)cc2)CS1. The molecule has 0 spiro atoms. The maximum Gasteiger partial charge on any atom is 0.359 e. The lowest BCUT2D eigenvalue weighted by Gasteiger charge is -2.20. The quantitative estimate of drug-likeness (QED) is 0.585. The molecule has 148 valence electrons. The molecule has 0 aliphatic carbocycles. The van der Waals surface area contributed by atoms with Crippen molar-refractivity contribution in [2.45, 2.75) is 39.4 Å². The highest BCUT2D eigenvalue weighted by Gasteiger charge is 2.30. The minimum absolute atomic E-state index is 0.331. The Kier molecular flexibility index (Phi) is 6.62. The molecule has 1 aliphatic heterocycles. The van der Waals surface area contributed by atoms with Crippen LogP contribution in [0, 0.1) is 0 Å². The average molecular weight is 399 g/mol. The topological polar surface area (TPSA) is 53.3 Å². The fourth-order valence-corrected chi connectivity index (χ4v) is 4.49. The average Bonchev–Trinajstić information content (AvgIpc) is 3.10. The summed E-state index contributed by atoms with van der Waals surface area (Å²) in [7, 11) is 1.65. The molecular formula is C22H26N2O3S. The van der Waals surface area contributed by atoms with E-state index < -0.39 is 0 Å². The zero-order valence-corrected chi connectivity index (χ0v) is 17.6. The van der Waals surface area contributed by atoms with Crippen LogP contribution < -0.4 is 4.74 Å². The summed E-state index contributed by atoms with van der Waals surface area (Å²) in [5, 5.41) is 4.69. The summed E-state index contributed by atoms with van der Waals surface area (Å²) in [6.45, 7) is 6.33. The molecule has 1 aromatic carbocycles. The number of carbonyl (C=O) groups is 1. The number of aromatic nitrogens is 2. The van der Waals surface area contributed by atoms with Crippen molar-refractivity contribution in [3.63, 3.8) is 0 Å². The van der Waals surface area contributed by atoms with E-state index in [1.54, 1.807) is 18.9 Å². The Morgan fingerprint density at radius 2 is 2.04 bits per heavy atom. The van der Waals surface area contributed by atoms with E-state index in [9.17, 15) is 4.79 Å². The van der Waals surface area contributed by atoms with Crippen molar-refractivity contribution in [1.29, 1.82) is 0 Å². The van der Waals surface area contributed by atoms with E-state index in [2.05, 4.69) is 19.1 Å². The molecule has 28 heavy (non-hydrogen) atoms. The first-order chi connectivity index (χ1) is 13.6. The maximum absolute atomic E-state index is 12.6. The van der Waals surface area contributed by atoms with Crippen molar-refractivity contribution in [1.82, 2.24) is 9.78 Å². The lowest BCUT2D eigenvalue weighted by Crippen LogP contribution is -2.09. The highest BCUT2D eigenvalue weighted by atomic mass is 32.2. The van der Waals surface area contributed by atoms with Crippen molar-refractivity contribution in [3.05, 3.63) is 58.3 Å². The summed E-state index contributed by atoms with van der Waals surface area (Å²) in [6, 6.07) is 7.73. The third-order valence-electron chi connectivity index (χ3n) is 4.54. The Balaban J connectivity index is 2.23. The maximum atomic E-state index is 12.6. The van der Waals surface area contributed by atoms with Crippen molar-refractivity contribution in [3.8, 4) is 11.4 Å². The number of benzene rings is 1. The first-order valence-electron chi connectivity index (χ1n) is 9.56. The van der Waals surface area contributed by atoms with E-state index >= 15 is 0 Å². The Labute approximate surface area is 170 Å².